The van der Waals surface area contributed by atoms with Crippen LogP contribution in [0.5, 0.6) is 0 Å². The number of carbonyl (C=O) groups is 1. The molecule has 0 atom stereocenters. The number of rotatable bonds is 7. The predicted molar refractivity (Wildman–Crippen MR) is 103 cm³/mol. The number of aromatic nitrogens is 2. The first-order valence-corrected chi connectivity index (χ1v) is 9.67. The molecule has 1 aliphatic heterocycles. The molecule has 1 aromatic carbocycles. The van der Waals surface area contributed by atoms with Crippen LogP contribution in [-0.4, -0.2) is 46.9 Å². The molecule has 0 amide bonds. The van der Waals surface area contributed by atoms with Crippen LogP contribution in [0.4, 0.5) is 0 Å². The molecule has 1 aromatic heterocycles. The van der Waals surface area contributed by atoms with Crippen LogP contribution >= 0.6 is 0 Å². The van der Waals surface area contributed by atoms with Crippen molar-refractivity contribution in [1.29, 1.82) is 0 Å². The summed E-state index contributed by atoms with van der Waals surface area (Å²) in [4.78, 5) is 13.9. The van der Waals surface area contributed by atoms with Crippen LogP contribution < -0.4 is 0 Å². The number of nitrogens with zero attached hydrogens (tertiary/aromatic N) is 3. The number of carbonyl (C=O) groups excluding carboxylic acids is 1. The lowest BCUT2D eigenvalue weighted by Crippen LogP contribution is -2.28. The quantitative estimate of drug-likeness (QED) is 0.565. The Hall–Kier alpha value is -2.14. The molecule has 5 heteroatoms. The minimum atomic E-state index is -0.0747. The number of hydrogen-bond donors (Lipinski definition) is 0. The summed E-state index contributed by atoms with van der Waals surface area (Å²) >= 11 is 0. The maximum absolute atomic E-state index is 11.4. The van der Waals surface area contributed by atoms with Gasteiger partial charge in [0.2, 0.25) is 0 Å². The summed E-state index contributed by atoms with van der Waals surface area (Å²) in [6.45, 7) is 5.48. The van der Waals surface area contributed by atoms with Crippen LogP contribution in [0.3, 0.4) is 0 Å². The SMILES string of the molecule is CCOC(=O)CCCCN1CCc2c(-c3ccccc3)nn(C)c2CC1. The van der Waals surface area contributed by atoms with Crippen LogP contribution in [0.2, 0.25) is 0 Å². The minimum absolute atomic E-state index is 0.0747. The summed E-state index contributed by atoms with van der Waals surface area (Å²) in [7, 11) is 2.06. The fourth-order valence-corrected chi connectivity index (χ4v) is 3.71. The average molecular weight is 355 g/mol. The molecular weight excluding hydrogens is 326 g/mol. The molecule has 0 fully saturated rings. The van der Waals surface area contributed by atoms with Crippen molar-refractivity contribution in [3.63, 3.8) is 0 Å². The van der Waals surface area contributed by atoms with E-state index in [-0.39, 0.29) is 5.97 Å². The van der Waals surface area contributed by atoms with Gasteiger partial charge >= 0.3 is 5.97 Å². The summed E-state index contributed by atoms with van der Waals surface area (Å²) in [5, 5.41) is 4.79. The van der Waals surface area contributed by atoms with Crippen molar-refractivity contribution in [2.45, 2.75) is 39.0 Å². The second kappa shape index (κ2) is 8.99. The smallest absolute Gasteiger partial charge is 0.305 e. The van der Waals surface area contributed by atoms with E-state index in [0.717, 1.165) is 51.0 Å². The predicted octanol–water partition coefficient (Wildman–Crippen LogP) is 3.22. The Balaban J connectivity index is 1.57. The Kier molecular flexibility index (Phi) is 6.45. The summed E-state index contributed by atoms with van der Waals surface area (Å²) < 4.78 is 7.05. The normalized spacial score (nSPS) is 14.7. The lowest BCUT2D eigenvalue weighted by molar-refractivity contribution is -0.143. The van der Waals surface area contributed by atoms with Crippen molar-refractivity contribution in [3.8, 4) is 11.3 Å². The van der Waals surface area contributed by atoms with Crippen LogP contribution in [0.1, 0.15) is 37.4 Å². The molecule has 5 nitrogen and oxygen atoms in total. The Morgan fingerprint density at radius 2 is 1.92 bits per heavy atom. The van der Waals surface area contributed by atoms with Gasteiger partial charge in [-0.1, -0.05) is 30.3 Å². The lowest BCUT2D eigenvalue weighted by Gasteiger charge is -2.19. The van der Waals surface area contributed by atoms with E-state index in [4.69, 9.17) is 9.84 Å². The number of aryl methyl sites for hydroxylation is 1. The fraction of sp³-hybridized carbons (Fsp3) is 0.524. The topological polar surface area (TPSA) is 47.4 Å². The van der Waals surface area contributed by atoms with Crippen LogP contribution in [-0.2, 0) is 29.4 Å². The fourth-order valence-electron chi connectivity index (χ4n) is 3.71. The molecule has 2 heterocycles. The molecule has 0 saturated heterocycles. The standard InChI is InChI=1S/C21H29N3O2/c1-3-26-20(25)11-7-8-14-24-15-12-18-19(13-16-24)23(2)22-21(18)17-9-5-4-6-10-17/h4-6,9-10H,3,7-8,11-16H2,1-2H3. The highest BCUT2D eigenvalue weighted by atomic mass is 16.5. The number of unbranched alkanes of at least 4 members (excludes halogenated alkanes) is 1. The third-order valence-electron chi connectivity index (χ3n) is 5.08. The molecule has 0 radical (unpaired) electrons. The number of benzene rings is 1. The number of fused-ring (bicyclic) bond motifs is 1. The third kappa shape index (κ3) is 4.52. The van der Waals surface area contributed by atoms with Gasteiger partial charge in [-0.05, 0) is 32.7 Å². The minimum Gasteiger partial charge on any atom is -0.466 e. The van der Waals surface area contributed by atoms with E-state index in [0.29, 0.717) is 13.0 Å². The molecular formula is C21H29N3O2. The van der Waals surface area contributed by atoms with Crippen molar-refractivity contribution in [3.05, 3.63) is 41.6 Å². The van der Waals surface area contributed by atoms with Crippen LogP contribution in [0.15, 0.2) is 30.3 Å². The maximum Gasteiger partial charge on any atom is 0.305 e. The zero-order valence-electron chi connectivity index (χ0n) is 15.9. The zero-order chi connectivity index (χ0) is 18.4. The van der Waals surface area contributed by atoms with Gasteiger partial charge in [-0.15, -0.1) is 0 Å². The van der Waals surface area contributed by atoms with Gasteiger partial charge in [0, 0.05) is 49.8 Å². The van der Waals surface area contributed by atoms with E-state index in [2.05, 4.69) is 40.9 Å². The molecule has 0 aliphatic carbocycles. The molecule has 140 valence electrons. The van der Waals surface area contributed by atoms with Gasteiger partial charge in [-0.2, -0.15) is 5.10 Å². The van der Waals surface area contributed by atoms with Crippen molar-refractivity contribution >= 4 is 5.97 Å². The molecule has 0 N–H and O–H groups in total. The Morgan fingerprint density at radius 1 is 1.15 bits per heavy atom. The summed E-state index contributed by atoms with van der Waals surface area (Å²) in [5.41, 5.74) is 5.09. The van der Waals surface area contributed by atoms with Gasteiger partial charge in [0.1, 0.15) is 0 Å². The van der Waals surface area contributed by atoms with Gasteiger partial charge in [0.25, 0.3) is 0 Å². The molecule has 0 spiro atoms. The first kappa shape index (κ1) is 18.6. The highest BCUT2D eigenvalue weighted by molar-refractivity contribution is 5.69. The first-order chi connectivity index (χ1) is 12.7. The molecule has 0 unspecified atom stereocenters. The van der Waals surface area contributed by atoms with Crippen molar-refractivity contribution < 1.29 is 9.53 Å². The van der Waals surface area contributed by atoms with Gasteiger partial charge < -0.3 is 9.64 Å². The first-order valence-electron chi connectivity index (χ1n) is 9.67. The van der Waals surface area contributed by atoms with E-state index in [9.17, 15) is 4.79 Å². The van der Waals surface area contributed by atoms with Crippen molar-refractivity contribution in [2.75, 3.05) is 26.2 Å². The van der Waals surface area contributed by atoms with Crippen LogP contribution in [0.25, 0.3) is 11.3 Å². The van der Waals surface area contributed by atoms with Crippen molar-refractivity contribution in [1.82, 2.24) is 14.7 Å². The van der Waals surface area contributed by atoms with Gasteiger partial charge in [0.15, 0.2) is 0 Å². The molecule has 0 bridgehead atoms. The highest BCUT2D eigenvalue weighted by Gasteiger charge is 2.21. The summed E-state index contributed by atoms with van der Waals surface area (Å²) in [6, 6.07) is 10.5. The Morgan fingerprint density at radius 3 is 2.69 bits per heavy atom. The van der Waals surface area contributed by atoms with Gasteiger partial charge in [-0.3, -0.25) is 9.48 Å². The zero-order valence-corrected chi connectivity index (χ0v) is 15.9. The second-order valence-electron chi connectivity index (χ2n) is 6.87. The number of hydrogen-bond acceptors (Lipinski definition) is 4. The largest absolute Gasteiger partial charge is 0.466 e. The lowest BCUT2D eigenvalue weighted by atomic mass is 10.0. The van der Waals surface area contributed by atoms with Crippen molar-refractivity contribution in [2.24, 2.45) is 7.05 Å². The monoisotopic (exact) mass is 355 g/mol. The Bertz CT molecular complexity index is 724. The average Bonchev–Trinajstić information content (AvgIpc) is 2.83. The second-order valence-corrected chi connectivity index (χ2v) is 6.87. The number of esters is 1. The molecule has 3 rings (SSSR count). The summed E-state index contributed by atoms with van der Waals surface area (Å²) in [5.74, 6) is -0.0747. The van der Waals surface area contributed by atoms with E-state index in [1.165, 1.54) is 16.8 Å². The highest BCUT2D eigenvalue weighted by Crippen LogP contribution is 2.27. The van der Waals surface area contributed by atoms with E-state index >= 15 is 0 Å². The van der Waals surface area contributed by atoms with E-state index < -0.39 is 0 Å². The van der Waals surface area contributed by atoms with E-state index in [1.807, 2.05) is 13.0 Å². The number of ether oxygens (including phenoxy) is 1. The Labute approximate surface area is 156 Å². The van der Waals surface area contributed by atoms with Crippen LogP contribution in [0, 0.1) is 0 Å². The van der Waals surface area contributed by atoms with E-state index in [1.54, 1.807) is 0 Å². The van der Waals surface area contributed by atoms with Gasteiger partial charge in [0.05, 0.1) is 12.3 Å². The third-order valence-corrected chi connectivity index (χ3v) is 5.08. The van der Waals surface area contributed by atoms with Gasteiger partial charge in [-0.25, -0.2) is 0 Å². The molecule has 0 saturated carbocycles. The maximum atomic E-state index is 11.4. The molecule has 1 aliphatic rings. The molecule has 2 aromatic rings. The summed E-state index contributed by atoms with van der Waals surface area (Å²) in [6.07, 6.45) is 4.54. The molecule has 26 heavy (non-hydrogen) atoms.